The molecule has 2 nitrogen and oxygen atoms in total. The zero-order valence-corrected chi connectivity index (χ0v) is 27.4. The molecule has 0 bridgehead atoms. The van der Waals surface area contributed by atoms with Gasteiger partial charge in [0.2, 0.25) is 0 Å². The van der Waals surface area contributed by atoms with Gasteiger partial charge in [-0.05, 0) is 106 Å². The molecule has 0 N–H and O–H groups in total. The Bertz CT molecular complexity index is 2590. The molecule has 1 aromatic heterocycles. The van der Waals surface area contributed by atoms with E-state index in [1.165, 1.54) is 91.9 Å². The van der Waals surface area contributed by atoms with E-state index in [9.17, 15) is 0 Å². The van der Waals surface area contributed by atoms with Gasteiger partial charge in [-0.2, -0.15) is 10.9 Å². The number of aryl methyl sites for hydroxylation is 1. The van der Waals surface area contributed by atoms with Gasteiger partial charge < -0.3 is 9.47 Å². The van der Waals surface area contributed by atoms with Crippen molar-refractivity contribution in [1.29, 1.82) is 0 Å². The fourth-order valence-corrected chi connectivity index (χ4v) is 10.9. The summed E-state index contributed by atoms with van der Waals surface area (Å²) < 4.78 is 2.63. The maximum Gasteiger partial charge on any atom is 0.0673 e. The minimum absolute atomic E-state index is 0.0197. The van der Waals surface area contributed by atoms with Gasteiger partial charge in [0.15, 0.2) is 0 Å². The van der Waals surface area contributed by atoms with Crippen LogP contribution in [0.15, 0.2) is 142 Å². The third-order valence-electron chi connectivity index (χ3n) is 10.1. The molecule has 0 aliphatic carbocycles. The summed E-state index contributed by atoms with van der Waals surface area (Å²) in [5, 5.41) is 7.96. The molecule has 2 aliphatic heterocycles. The lowest BCUT2D eigenvalue weighted by molar-refractivity contribution is 0.589. The molecule has 1 unspecified atom stereocenters. The highest BCUT2D eigenvalue weighted by molar-refractivity contribution is 8.18. The molecule has 3 heteroatoms. The van der Waals surface area contributed by atoms with Gasteiger partial charge in [-0.3, -0.25) is 0 Å². The van der Waals surface area contributed by atoms with Crippen molar-refractivity contribution in [1.82, 2.24) is 4.57 Å². The molecule has 1 atom stereocenters. The van der Waals surface area contributed by atoms with Gasteiger partial charge >= 0.3 is 0 Å². The van der Waals surface area contributed by atoms with Crippen LogP contribution in [-0.2, 0) is 5.41 Å². The highest BCUT2D eigenvalue weighted by Gasteiger charge is 2.39. The zero-order chi connectivity index (χ0) is 30.9. The first-order chi connectivity index (χ1) is 22.4. The normalized spacial score (nSPS) is 15.9. The topological polar surface area (TPSA) is 8.17 Å². The molecule has 2 aliphatic rings. The van der Waals surface area contributed by atoms with Crippen LogP contribution in [0.2, 0.25) is 0 Å². The molecule has 46 heavy (non-hydrogen) atoms. The number of aromatic nitrogens is 1. The molecule has 0 fully saturated rings. The Morgan fingerprint density at radius 1 is 0.543 bits per heavy atom. The summed E-state index contributed by atoms with van der Waals surface area (Å²) in [5.74, 6) is 0. The van der Waals surface area contributed by atoms with Gasteiger partial charge in [0.05, 0.1) is 28.1 Å². The number of fused-ring (bicyclic) bond motifs is 10. The fourth-order valence-electron chi connectivity index (χ4n) is 7.93. The summed E-state index contributed by atoms with van der Waals surface area (Å²) in [6.45, 7) is 9.25. The van der Waals surface area contributed by atoms with Crippen molar-refractivity contribution < 1.29 is 0 Å². The number of anilines is 3. The molecule has 7 aromatic carbocycles. The van der Waals surface area contributed by atoms with E-state index in [2.05, 4.69) is 165 Å². The van der Waals surface area contributed by atoms with Crippen LogP contribution < -0.4 is 4.90 Å². The Kier molecular flexibility index (Phi) is 5.17. The van der Waals surface area contributed by atoms with Crippen LogP contribution >= 0.6 is 10.9 Å². The van der Waals surface area contributed by atoms with Gasteiger partial charge in [0.1, 0.15) is 0 Å². The van der Waals surface area contributed by atoms with E-state index in [4.69, 9.17) is 0 Å². The molecule has 3 heterocycles. The lowest BCUT2D eigenvalue weighted by Gasteiger charge is -2.44. The molecule has 0 amide bonds. The Morgan fingerprint density at radius 3 is 2.04 bits per heavy atom. The number of hydrogen-bond acceptors (Lipinski definition) is 1. The molecule has 10 rings (SSSR count). The van der Waals surface area contributed by atoms with Crippen LogP contribution in [0.1, 0.15) is 31.9 Å². The quantitative estimate of drug-likeness (QED) is 0.144. The van der Waals surface area contributed by atoms with Crippen molar-refractivity contribution in [3.8, 4) is 5.69 Å². The summed E-state index contributed by atoms with van der Waals surface area (Å²) in [7, 11) is -0.868. The number of benzene rings is 7. The average molecular weight is 611 g/mol. The molecule has 0 spiro atoms. The summed E-state index contributed by atoms with van der Waals surface area (Å²) in [6, 6.07) is 48.4. The van der Waals surface area contributed by atoms with E-state index in [0.717, 1.165) is 0 Å². The Hall–Kier alpha value is -4.99. The van der Waals surface area contributed by atoms with E-state index in [1.54, 1.807) is 0 Å². The van der Waals surface area contributed by atoms with Crippen LogP contribution in [-0.4, -0.2) is 4.57 Å². The number of rotatable bonds is 1. The first kappa shape index (κ1) is 26.2. The van der Waals surface area contributed by atoms with Crippen molar-refractivity contribution in [2.24, 2.45) is 0 Å². The number of hydrogen-bond donors (Lipinski definition) is 1. The van der Waals surface area contributed by atoms with Gasteiger partial charge in [0, 0.05) is 31.1 Å². The van der Waals surface area contributed by atoms with E-state index < -0.39 is 10.9 Å². The average Bonchev–Trinajstić information content (AvgIpc) is 3.38. The van der Waals surface area contributed by atoms with Gasteiger partial charge in [0.25, 0.3) is 0 Å². The SMILES string of the molecule is Cc1ccc2c3cc4cc5ccccc5cc4c4c3n(c2c1)-c1cc(C(C)(C)C)cc2c1[SH]4c1ccccc1N2c1ccccc1. The Balaban J connectivity index is 1.47. The maximum atomic E-state index is 2.63. The van der Waals surface area contributed by atoms with Crippen molar-refractivity contribution in [3.05, 3.63) is 139 Å². The molecule has 8 aromatic rings. The first-order valence-electron chi connectivity index (χ1n) is 16.2. The predicted molar refractivity (Wildman–Crippen MR) is 198 cm³/mol. The number of para-hydroxylation sites is 2. The molecule has 0 radical (unpaired) electrons. The van der Waals surface area contributed by atoms with Crippen molar-refractivity contribution in [2.45, 2.75) is 47.8 Å². The predicted octanol–water partition coefficient (Wildman–Crippen LogP) is 12.3. The maximum absolute atomic E-state index is 2.63. The first-order valence-corrected chi connectivity index (χ1v) is 17.5. The summed E-state index contributed by atoms with van der Waals surface area (Å²) in [4.78, 5) is 6.90. The van der Waals surface area contributed by atoms with E-state index in [1.807, 2.05) is 0 Å². The zero-order valence-electron chi connectivity index (χ0n) is 26.5. The third kappa shape index (κ3) is 3.44. The minimum Gasteiger partial charge on any atom is -0.308 e. The third-order valence-corrected chi connectivity index (χ3v) is 12.8. The van der Waals surface area contributed by atoms with Crippen LogP contribution in [0, 0.1) is 6.92 Å². The number of nitrogens with zero attached hydrogens (tertiary/aromatic N) is 2. The highest BCUT2D eigenvalue weighted by atomic mass is 32.2. The smallest absolute Gasteiger partial charge is 0.0673 e. The van der Waals surface area contributed by atoms with Gasteiger partial charge in [-0.1, -0.05) is 87.5 Å². The van der Waals surface area contributed by atoms with Crippen LogP contribution in [0.25, 0.3) is 49.0 Å². The van der Waals surface area contributed by atoms with Crippen molar-refractivity contribution in [3.63, 3.8) is 0 Å². The Morgan fingerprint density at radius 2 is 1.24 bits per heavy atom. The number of thiol groups is 1. The molecular formula is C43H34N2S. The van der Waals surface area contributed by atoms with E-state index in [-0.39, 0.29) is 5.41 Å². The second-order valence-corrected chi connectivity index (χ2v) is 16.1. The largest absolute Gasteiger partial charge is 0.308 e. The van der Waals surface area contributed by atoms with Crippen LogP contribution in [0.3, 0.4) is 0 Å². The lowest BCUT2D eigenvalue weighted by Crippen LogP contribution is -2.22. The second kappa shape index (κ2) is 9.05. The fraction of sp³-hybridized carbons (Fsp3) is 0.116. The molecule has 0 saturated heterocycles. The summed E-state index contributed by atoms with van der Waals surface area (Å²) in [5.41, 5.74) is 10.4. The summed E-state index contributed by atoms with van der Waals surface area (Å²) >= 11 is 0. The second-order valence-electron chi connectivity index (χ2n) is 14.0. The van der Waals surface area contributed by atoms with Gasteiger partial charge in [-0.25, -0.2) is 0 Å². The lowest BCUT2D eigenvalue weighted by atomic mass is 9.86. The van der Waals surface area contributed by atoms with E-state index in [0.29, 0.717) is 0 Å². The van der Waals surface area contributed by atoms with Crippen molar-refractivity contribution >= 4 is 71.3 Å². The molecule has 0 saturated carbocycles. The molecular weight excluding hydrogens is 577 g/mol. The van der Waals surface area contributed by atoms with Crippen molar-refractivity contribution in [2.75, 3.05) is 4.90 Å². The monoisotopic (exact) mass is 610 g/mol. The summed E-state index contributed by atoms with van der Waals surface area (Å²) in [6.07, 6.45) is 0. The molecule has 222 valence electrons. The minimum atomic E-state index is -0.868. The highest BCUT2D eigenvalue weighted by Crippen LogP contribution is 2.70. The van der Waals surface area contributed by atoms with Crippen LogP contribution in [0.5, 0.6) is 0 Å². The Labute approximate surface area is 271 Å². The van der Waals surface area contributed by atoms with Crippen LogP contribution in [0.4, 0.5) is 17.1 Å². The standard InChI is InChI=1S/C43H34N2S/c1-26-18-19-32-34-23-29-21-27-12-8-9-13-28(27)22-33(29)41-40(34)45(36(32)20-26)38-25-30(43(2,3)4)24-37-42(38)46(41)39-17-11-10-16-35(39)44(37)31-14-6-5-7-15-31/h5-25,46H,1-4H3. The van der Waals surface area contributed by atoms with E-state index >= 15 is 0 Å². The van der Waals surface area contributed by atoms with Gasteiger partial charge in [-0.15, -0.1) is 0 Å².